The van der Waals surface area contributed by atoms with Crippen molar-refractivity contribution in [2.24, 2.45) is 0 Å². The largest absolute Gasteiger partial charge is 0.390 e. The Morgan fingerprint density at radius 2 is 2.00 bits per heavy atom. The molecule has 0 spiro atoms. The molecule has 0 saturated heterocycles. The zero-order chi connectivity index (χ0) is 13.9. The molecule has 0 unspecified atom stereocenters. The molecule has 9 heteroatoms. The van der Waals surface area contributed by atoms with Crippen LogP contribution in [0.25, 0.3) is 0 Å². The van der Waals surface area contributed by atoms with Gasteiger partial charge in [0.2, 0.25) is 5.82 Å². The van der Waals surface area contributed by atoms with Crippen LogP contribution in [0.4, 0.5) is 28.9 Å². The predicted octanol–water partition coefficient (Wildman–Crippen LogP) is 1.91. The number of rotatable bonds is 5. The van der Waals surface area contributed by atoms with E-state index in [-0.39, 0.29) is 6.07 Å². The van der Waals surface area contributed by atoms with Crippen molar-refractivity contribution in [2.75, 3.05) is 18.5 Å². The van der Waals surface area contributed by atoms with Gasteiger partial charge in [-0.1, -0.05) is 0 Å². The Bertz CT molecular complexity index is 467. The minimum absolute atomic E-state index is 0.271. The van der Waals surface area contributed by atoms with Crippen LogP contribution in [0.15, 0.2) is 12.1 Å². The Morgan fingerprint density at radius 3 is 2.50 bits per heavy atom. The van der Waals surface area contributed by atoms with Gasteiger partial charge >= 0.3 is 5.69 Å². The predicted molar refractivity (Wildman–Crippen MR) is 53.5 cm³/mol. The van der Waals surface area contributed by atoms with E-state index < -0.39 is 47.0 Å². The van der Waals surface area contributed by atoms with Gasteiger partial charge in [-0.2, -0.15) is 4.39 Å². The SMILES string of the molecule is O=[N+]([O-])c1c(F)cc(F)cc1NCC(F)(F)CO. The van der Waals surface area contributed by atoms with Crippen molar-refractivity contribution in [3.8, 4) is 0 Å². The van der Waals surface area contributed by atoms with Crippen LogP contribution in [0.3, 0.4) is 0 Å². The molecular weight excluding hydrogens is 260 g/mol. The summed E-state index contributed by atoms with van der Waals surface area (Å²) >= 11 is 0. The molecule has 0 aliphatic rings. The Morgan fingerprint density at radius 1 is 1.39 bits per heavy atom. The smallest absolute Gasteiger partial charge is 0.327 e. The number of aliphatic hydroxyl groups excluding tert-OH is 1. The molecule has 0 saturated carbocycles. The molecule has 1 rings (SSSR count). The van der Waals surface area contributed by atoms with Gasteiger partial charge in [0.15, 0.2) is 0 Å². The van der Waals surface area contributed by atoms with Gasteiger partial charge in [-0.15, -0.1) is 0 Å². The lowest BCUT2D eigenvalue weighted by molar-refractivity contribution is -0.386. The Balaban J connectivity index is 3.04. The number of hydrogen-bond donors (Lipinski definition) is 2. The highest BCUT2D eigenvalue weighted by Gasteiger charge is 2.30. The number of benzene rings is 1. The van der Waals surface area contributed by atoms with Crippen molar-refractivity contribution in [2.45, 2.75) is 5.92 Å². The van der Waals surface area contributed by atoms with Crippen molar-refractivity contribution >= 4 is 11.4 Å². The normalized spacial score (nSPS) is 11.4. The number of nitro benzene ring substituents is 1. The van der Waals surface area contributed by atoms with E-state index in [9.17, 15) is 27.7 Å². The van der Waals surface area contributed by atoms with Crippen LogP contribution in [-0.4, -0.2) is 29.1 Å². The molecule has 0 bridgehead atoms. The number of hydrogen-bond acceptors (Lipinski definition) is 4. The molecule has 0 fully saturated rings. The van der Waals surface area contributed by atoms with Gasteiger partial charge in [-0.3, -0.25) is 10.1 Å². The molecule has 0 atom stereocenters. The lowest BCUT2D eigenvalue weighted by atomic mass is 10.2. The molecule has 1 aromatic rings. The Kier molecular flexibility index (Phi) is 4.07. The summed E-state index contributed by atoms with van der Waals surface area (Å²) in [4.78, 5) is 9.36. The van der Waals surface area contributed by atoms with Crippen LogP contribution in [0.2, 0.25) is 0 Å². The van der Waals surface area contributed by atoms with E-state index in [0.29, 0.717) is 6.07 Å². The lowest BCUT2D eigenvalue weighted by Gasteiger charge is -2.15. The summed E-state index contributed by atoms with van der Waals surface area (Å²) in [6, 6.07) is 0.794. The quantitative estimate of drug-likeness (QED) is 0.486. The first-order valence-corrected chi connectivity index (χ1v) is 4.63. The second kappa shape index (κ2) is 5.17. The van der Waals surface area contributed by atoms with Crippen molar-refractivity contribution in [1.82, 2.24) is 0 Å². The van der Waals surface area contributed by atoms with Gasteiger partial charge in [0.05, 0.1) is 11.5 Å². The minimum atomic E-state index is -3.56. The number of aliphatic hydroxyl groups is 1. The summed E-state index contributed by atoms with van der Waals surface area (Å²) in [5.41, 5.74) is -1.85. The molecule has 0 radical (unpaired) electrons. The van der Waals surface area contributed by atoms with E-state index in [0.717, 1.165) is 0 Å². The molecule has 0 amide bonds. The third kappa shape index (κ3) is 3.29. The van der Waals surface area contributed by atoms with Crippen LogP contribution < -0.4 is 5.32 Å². The first-order chi connectivity index (χ1) is 8.26. The van der Waals surface area contributed by atoms with Crippen molar-refractivity contribution < 1.29 is 27.6 Å². The van der Waals surface area contributed by atoms with Crippen LogP contribution >= 0.6 is 0 Å². The fourth-order valence-electron chi connectivity index (χ4n) is 1.17. The van der Waals surface area contributed by atoms with Crippen LogP contribution in [0.1, 0.15) is 0 Å². The summed E-state index contributed by atoms with van der Waals surface area (Å²) < 4.78 is 51.3. The maximum absolute atomic E-state index is 13.1. The average Bonchev–Trinajstić information content (AvgIpc) is 2.25. The maximum Gasteiger partial charge on any atom is 0.327 e. The minimum Gasteiger partial charge on any atom is -0.390 e. The van der Waals surface area contributed by atoms with E-state index >= 15 is 0 Å². The molecule has 2 N–H and O–H groups in total. The zero-order valence-electron chi connectivity index (χ0n) is 8.79. The van der Waals surface area contributed by atoms with Crippen molar-refractivity contribution in [3.63, 3.8) is 0 Å². The first kappa shape index (κ1) is 14.2. The molecular formula is C9H8F4N2O3. The van der Waals surface area contributed by atoms with E-state index in [1.54, 1.807) is 0 Å². The van der Waals surface area contributed by atoms with Crippen LogP contribution in [0.5, 0.6) is 0 Å². The second-order valence-corrected chi connectivity index (χ2v) is 3.41. The van der Waals surface area contributed by atoms with Gasteiger partial charge in [-0.05, 0) is 0 Å². The molecule has 0 aliphatic carbocycles. The monoisotopic (exact) mass is 268 g/mol. The summed E-state index contributed by atoms with van der Waals surface area (Å²) in [7, 11) is 0. The molecule has 0 aliphatic heterocycles. The highest BCUT2D eigenvalue weighted by atomic mass is 19.3. The highest BCUT2D eigenvalue weighted by Crippen LogP contribution is 2.29. The number of alkyl halides is 2. The van der Waals surface area contributed by atoms with E-state index in [4.69, 9.17) is 5.11 Å². The summed E-state index contributed by atoms with van der Waals surface area (Å²) in [6.45, 7) is -2.68. The summed E-state index contributed by atoms with van der Waals surface area (Å²) in [5.74, 6) is -6.18. The van der Waals surface area contributed by atoms with Gasteiger partial charge < -0.3 is 10.4 Å². The third-order valence-electron chi connectivity index (χ3n) is 1.98. The average molecular weight is 268 g/mol. The zero-order valence-corrected chi connectivity index (χ0v) is 8.79. The molecule has 0 heterocycles. The van der Waals surface area contributed by atoms with Gasteiger partial charge in [-0.25, -0.2) is 13.2 Å². The van der Waals surface area contributed by atoms with Gasteiger partial charge in [0, 0.05) is 12.1 Å². The van der Waals surface area contributed by atoms with Crippen LogP contribution in [-0.2, 0) is 0 Å². The molecule has 100 valence electrons. The maximum atomic E-state index is 13.1. The van der Waals surface area contributed by atoms with Crippen molar-refractivity contribution in [1.29, 1.82) is 0 Å². The van der Waals surface area contributed by atoms with E-state index in [1.807, 2.05) is 5.32 Å². The highest BCUT2D eigenvalue weighted by molar-refractivity contribution is 5.62. The number of anilines is 1. The number of halogens is 4. The van der Waals surface area contributed by atoms with E-state index in [2.05, 4.69) is 0 Å². The van der Waals surface area contributed by atoms with Crippen molar-refractivity contribution in [3.05, 3.63) is 33.9 Å². The number of nitrogens with zero attached hydrogens (tertiary/aromatic N) is 1. The van der Waals surface area contributed by atoms with Gasteiger partial charge in [0.25, 0.3) is 5.92 Å². The molecule has 18 heavy (non-hydrogen) atoms. The molecule has 5 nitrogen and oxygen atoms in total. The second-order valence-electron chi connectivity index (χ2n) is 3.41. The Hall–Kier alpha value is -1.90. The lowest BCUT2D eigenvalue weighted by Crippen LogP contribution is -2.31. The summed E-state index contributed by atoms with van der Waals surface area (Å²) in [6.07, 6.45) is 0. The fraction of sp³-hybridized carbons (Fsp3) is 0.333. The topological polar surface area (TPSA) is 75.4 Å². The molecule has 1 aromatic carbocycles. The third-order valence-corrected chi connectivity index (χ3v) is 1.98. The summed E-state index contributed by atoms with van der Waals surface area (Å²) in [5, 5.41) is 20.6. The van der Waals surface area contributed by atoms with Gasteiger partial charge in [0.1, 0.15) is 18.1 Å². The number of nitrogens with one attached hydrogen (secondary N) is 1. The van der Waals surface area contributed by atoms with Crippen LogP contribution in [0, 0.1) is 21.7 Å². The first-order valence-electron chi connectivity index (χ1n) is 4.63. The standard InChI is InChI=1S/C9H8F4N2O3/c10-5-1-6(11)8(15(17)18)7(2-5)14-3-9(12,13)4-16/h1-2,14,16H,3-4H2. The Labute approximate surface area is 98.2 Å². The fourth-order valence-corrected chi connectivity index (χ4v) is 1.17. The number of nitro groups is 1. The van der Waals surface area contributed by atoms with E-state index in [1.165, 1.54) is 0 Å². The molecule has 0 aromatic heterocycles.